The average molecular weight is 510 g/mol. The third kappa shape index (κ3) is 3.92. The number of rotatable bonds is 4. The summed E-state index contributed by atoms with van der Waals surface area (Å²) in [6.07, 6.45) is -6.21. The monoisotopic (exact) mass is 510 g/mol. The van der Waals surface area contributed by atoms with E-state index in [1.54, 1.807) is 0 Å². The van der Waals surface area contributed by atoms with Crippen LogP contribution >= 0.6 is 0 Å². The number of oxazole rings is 1. The zero-order valence-electron chi connectivity index (χ0n) is 18.9. The van der Waals surface area contributed by atoms with Gasteiger partial charge in [0.15, 0.2) is 5.69 Å². The van der Waals surface area contributed by atoms with Crippen LogP contribution in [0.2, 0.25) is 0 Å². The van der Waals surface area contributed by atoms with Gasteiger partial charge in [-0.1, -0.05) is 6.07 Å². The number of fused-ring (bicyclic) bond motifs is 2. The van der Waals surface area contributed by atoms with Crippen molar-refractivity contribution in [3.05, 3.63) is 70.6 Å². The molecule has 1 atom stereocenters. The molecule has 0 spiro atoms. The predicted molar refractivity (Wildman–Crippen MR) is 113 cm³/mol. The van der Waals surface area contributed by atoms with Gasteiger partial charge < -0.3 is 23.8 Å². The number of aromatic nitrogens is 3. The summed E-state index contributed by atoms with van der Waals surface area (Å²) in [4.78, 5) is 25.4. The number of nitrogens with one attached hydrogen (secondary N) is 1. The molecule has 1 aliphatic rings. The number of carbonyl (C=O) groups excluding carboxylic acids is 1. The van der Waals surface area contributed by atoms with Gasteiger partial charge in [-0.05, 0) is 32.0 Å². The lowest BCUT2D eigenvalue weighted by molar-refractivity contribution is -0.136. The molecular weight excluding hydrogens is 491 g/mol. The molecule has 1 aromatic carbocycles. The first kappa shape index (κ1) is 24.0. The van der Waals surface area contributed by atoms with E-state index in [2.05, 4.69) is 15.0 Å². The Morgan fingerprint density at radius 3 is 2.67 bits per heavy atom. The third-order valence-corrected chi connectivity index (χ3v) is 5.92. The lowest BCUT2D eigenvalue weighted by Crippen LogP contribution is -2.40. The van der Waals surface area contributed by atoms with Crippen LogP contribution in [0.3, 0.4) is 0 Å². The second-order valence-corrected chi connectivity index (χ2v) is 8.87. The molecule has 0 saturated heterocycles. The van der Waals surface area contributed by atoms with Crippen molar-refractivity contribution in [2.75, 3.05) is 6.54 Å². The van der Waals surface area contributed by atoms with Gasteiger partial charge in [0, 0.05) is 24.0 Å². The number of nitrogens with zero attached hydrogens (tertiary/aromatic N) is 3. The Bertz CT molecular complexity index is 1450. The highest BCUT2D eigenvalue weighted by Crippen LogP contribution is 2.41. The molecule has 1 aliphatic heterocycles. The van der Waals surface area contributed by atoms with Gasteiger partial charge in [-0.25, -0.2) is 18.7 Å². The smallest absolute Gasteiger partial charge is 0.417 e. The summed E-state index contributed by atoms with van der Waals surface area (Å²) in [5.41, 5.74) is -2.77. The number of halogens is 5. The van der Waals surface area contributed by atoms with Crippen molar-refractivity contribution in [1.82, 2.24) is 19.9 Å². The summed E-state index contributed by atoms with van der Waals surface area (Å²) in [6, 6.07) is 3.50. The maximum absolute atomic E-state index is 13.7. The second kappa shape index (κ2) is 8.15. The highest BCUT2D eigenvalue weighted by molar-refractivity contribution is 5.93. The van der Waals surface area contributed by atoms with Gasteiger partial charge >= 0.3 is 6.18 Å². The molecule has 36 heavy (non-hydrogen) atoms. The second-order valence-electron chi connectivity index (χ2n) is 8.87. The number of aromatic amines is 1. The molecule has 3 aromatic heterocycles. The number of H-pyrrole nitrogens is 1. The van der Waals surface area contributed by atoms with Gasteiger partial charge in [-0.2, -0.15) is 13.2 Å². The molecule has 0 radical (unpaired) electrons. The molecule has 13 heteroatoms. The molecule has 1 amide bonds. The van der Waals surface area contributed by atoms with Crippen molar-refractivity contribution in [3.8, 4) is 0 Å². The van der Waals surface area contributed by atoms with Crippen molar-refractivity contribution in [1.29, 1.82) is 0 Å². The van der Waals surface area contributed by atoms with Crippen molar-refractivity contribution in [2.24, 2.45) is 0 Å². The Labute approximate surface area is 199 Å². The van der Waals surface area contributed by atoms with Crippen LogP contribution in [0.25, 0.3) is 11.0 Å². The summed E-state index contributed by atoms with van der Waals surface area (Å²) < 4.78 is 79.2. The van der Waals surface area contributed by atoms with E-state index < -0.39 is 53.1 Å². The average Bonchev–Trinajstić information content (AvgIpc) is 3.53. The first-order chi connectivity index (χ1) is 16.9. The summed E-state index contributed by atoms with van der Waals surface area (Å²) in [6.45, 7) is 2.51. The van der Waals surface area contributed by atoms with Gasteiger partial charge in [0.1, 0.15) is 23.0 Å². The minimum Gasteiger partial charge on any atom is -0.458 e. The Hall–Kier alpha value is -3.74. The van der Waals surface area contributed by atoms with E-state index in [4.69, 9.17) is 8.83 Å². The molecule has 0 unspecified atom stereocenters. The van der Waals surface area contributed by atoms with Gasteiger partial charge in [0.25, 0.3) is 12.3 Å². The van der Waals surface area contributed by atoms with Crippen molar-refractivity contribution in [3.63, 3.8) is 0 Å². The topological polar surface area (TPSA) is 108 Å². The Morgan fingerprint density at radius 1 is 1.25 bits per heavy atom. The predicted octanol–water partition coefficient (Wildman–Crippen LogP) is 5.12. The fraction of sp³-hybridized carbons (Fsp3) is 0.348. The zero-order chi connectivity index (χ0) is 26.0. The van der Waals surface area contributed by atoms with Crippen LogP contribution < -0.4 is 0 Å². The minimum absolute atomic E-state index is 0.0108. The number of imidazole rings is 1. The molecule has 190 valence electrons. The first-order valence-electron chi connectivity index (χ1n) is 10.8. The van der Waals surface area contributed by atoms with Gasteiger partial charge in [0.05, 0.1) is 17.6 Å². The maximum atomic E-state index is 13.7. The summed E-state index contributed by atoms with van der Waals surface area (Å²) in [7, 11) is 0. The number of amides is 1. The van der Waals surface area contributed by atoms with E-state index in [9.17, 15) is 31.9 Å². The van der Waals surface area contributed by atoms with E-state index in [1.807, 2.05) is 0 Å². The van der Waals surface area contributed by atoms with Crippen LogP contribution in [0.5, 0.6) is 0 Å². The first-order valence-corrected chi connectivity index (χ1v) is 10.8. The molecule has 5 rings (SSSR count). The largest absolute Gasteiger partial charge is 0.458 e. The lowest BCUT2D eigenvalue weighted by atomic mass is 9.99. The Morgan fingerprint density at radius 2 is 2.00 bits per heavy atom. The van der Waals surface area contributed by atoms with Gasteiger partial charge in [-0.3, -0.25) is 4.79 Å². The van der Waals surface area contributed by atoms with E-state index in [0.717, 1.165) is 11.0 Å². The van der Waals surface area contributed by atoms with Crippen LogP contribution in [0.1, 0.15) is 71.2 Å². The maximum Gasteiger partial charge on any atom is 0.417 e. The fourth-order valence-electron chi connectivity index (χ4n) is 4.27. The van der Waals surface area contributed by atoms with E-state index in [-0.39, 0.29) is 29.7 Å². The highest BCUT2D eigenvalue weighted by Gasteiger charge is 2.42. The number of carbonyl (C=O) groups is 1. The summed E-state index contributed by atoms with van der Waals surface area (Å²) >= 11 is 0. The van der Waals surface area contributed by atoms with Crippen molar-refractivity contribution in [2.45, 2.75) is 44.5 Å². The quantitative estimate of drug-likeness (QED) is 0.369. The highest BCUT2D eigenvalue weighted by atomic mass is 19.4. The van der Waals surface area contributed by atoms with Crippen molar-refractivity contribution >= 4 is 16.9 Å². The number of aliphatic hydroxyl groups is 1. The molecule has 4 aromatic rings. The third-order valence-electron chi connectivity index (χ3n) is 5.92. The molecule has 0 bridgehead atoms. The number of benzene rings is 1. The van der Waals surface area contributed by atoms with E-state index >= 15 is 0 Å². The summed E-state index contributed by atoms with van der Waals surface area (Å²) in [5.74, 6) is -2.29. The lowest BCUT2D eigenvalue weighted by Gasteiger charge is -2.33. The summed E-state index contributed by atoms with van der Waals surface area (Å²) in [5, 5.41) is 9.94. The van der Waals surface area contributed by atoms with Crippen molar-refractivity contribution < 1.29 is 40.7 Å². The number of hydrogen-bond donors (Lipinski definition) is 2. The standard InChI is InChI=1S/C23H19F5N4O4/c1-22(2,34)21-31-16(19(24)25)18(36-21)20(33)32-7-6-12-15(30-9-29-12)17(32)14-8-10-11(23(26,27)28)4-3-5-13(10)35-14/h3-5,8-9,17,19,34H,6-7H2,1-2H3,(H,29,30)/t17-/m0/s1. The molecule has 0 saturated carbocycles. The van der Waals surface area contributed by atoms with E-state index in [0.29, 0.717) is 11.4 Å². The van der Waals surface area contributed by atoms with Crippen LogP contribution in [-0.4, -0.2) is 37.4 Å². The number of furan rings is 1. The number of alkyl halides is 5. The van der Waals surface area contributed by atoms with Crippen LogP contribution in [0.4, 0.5) is 22.0 Å². The SMILES string of the molecule is CC(C)(O)c1nc(C(F)F)c(C(=O)N2CCc3[nH]cnc3[C@@H]2c2cc3c(C(F)(F)F)cccc3o2)o1. The Balaban J connectivity index is 1.64. The van der Waals surface area contributed by atoms with Crippen LogP contribution in [-0.2, 0) is 18.2 Å². The van der Waals surface area contributed by atoms with Crippen LogP contribution in [0, 0.1) is 0 Å². The minimum atomic E-state index is -4.65. The van der Waals surface area contributed by atoms with E-state index in [1.165, 1.54) is 38.4 Å². The normalized spacial score (nSPS) is 16.7. The van der Waals surface area contributed by atoms with Gasteiger partial charge in [-0.15, -0.1) is 0 Å². The van der Waals surface area contributed by atoms with Crippen LogP contribution in [0.15, 0.2) is 39.4 Å². The molecule has 0 fully saturated rings. The molecular formula is C23H19F5N4O4. The molecule has 8 nitrogen and oxygen atoms in total. The Kier molecular flexibility index (Phi) is 5.43. The molecule has 0 aliphatic carbocycles. The fourth-order valence-corrected chi connectivity index (χ4v) is 4.27. The zero-order valence-corrected chi connectivity index (χ0v) is 18.9. The van der Waals surface area contributed by atoms with Gasteiger partial charge in [0.2, 0.25) is 11.7 Å². The number of hydrogen-bond acceptors (Lipinski definition) is 6. The molecule has 4 heterocycles. The molecule has 2 N–H and O–H groups in total.